The zero-order valence-corrected chi connectivity index (χ0v) is 15.1. The second-order valence-corrected chi connectivity index (χ2v) is 6.76. The van der Waals surface area contributed by atoms with Crippen LogP contribution in [0.3, 0.4) is 0 Å². The number of aromatic amines is 1. The van der Waals surface area contributed by atoms with E-state index in [1.54, 1.807) is 29.4 Å². The summed E-state index contributed by atoms with van der Waals surface area (Å²) in [5.74, 6) is 0.128. The molecular formula is C19H23N5O3. The number of aromatic nitrogens is 2. The highest BCUT2D eigenvalue weighted by Gasteiger charge is 2.22. The average molecular weight is 369 g/mol. The van der Waals surface area contributed by atoms with Crippen LogP contribution in [0.15, 0.2) is 30.6 Å². The molecule has 0 unspecified atom stereocenters. The Morgan fingerprint density at radius 1 is 1.11 bits per heavy atom. The summed E-state index contributed by atoms with van der Waals surface area (Å²) in [7, 11) is 0. The number of amides is 2. The molecule has 2 aromatic heterocycles. The van der Waals surface area contributed by atoms with Crippen LogP contribution in [0.2, 0.25) is 0 Å². The van der Waals surface area contributed by atoms with Crippen molar-refractivity contribution in [1.82, 2.24) is 14.9 Å². The molecule has 2 amide bonds. The normalized spacial score (nSPS) is 17.2. The first kappa shape index (κ1) is 17.5. The highest BCUT2D eigenvalue weighted by atomic mass is 16.5. The molecule has 2 aromatic rings. The predicted molar refractivity (Wildman–Crippen MR) is 101 cm³/mol. The Hall–Kier alpha value is -2.87. The van der Waals surface area contributed by atoms with Crippen LogP contribution < -0.4 is 10.2 Å². The second-order valence-electron chi connectivity index (χ2n) is 6.76. The maximum absolute atomic E-state index is 12.4. The molecule has 2 N–H and O–H groups in total. The number of rotatable bonds is 4. The van der Waals surface area contributed by atoms with Gasteiger partial charge in [0.2, 0.25) is 0 Å². The van der Waals surface area contributed by atoms with E-state index in [0.29, 0.717) is 30.3 Å². The van der Waals surface area contributed by atoms with Gasteiger partial charge in [0.1, 0.15) is 11.5 Å². The molecule has 0 aliphatic carbocycles. The van der Waals surface area contributed by atoms with Crippen LogP contribution in [-0.4, -0.2) is 66.1 Å². The zero-order valence-electron chi connectivity index (χ0n) is 15.1. The minimum atomic E-state index is -0.293. The van der Waals surface area contributed by atoms with Crippen LogP contribution in [0.5, 0.6) is 0 Å². The van der Waals surface area contributed by atoms with Crippen molar-refractivity contribution in [3.63, 3.8) is 0 Å². The third kappa shape index (κ3) is 3.95. The molecule has 142 valence electrons. The molecule has 0 aromatic carbocycles. The van der Waals surface area contributed by atoms with Gasteiger partial charge in [-0.15, -0.1) is 0 Å². The molecule has 0 radical (unpaired) electrons. The second kappa shape index (κ2) is 7.79. The quantitative estimate of drug-likeness (QED) is 0.857. The Balaban J connectivity index is 1.38. The smallest absolute Gasteiger partial charge is 0.270 e. The number of nitrogens with one attached hydrogen (secondary N) is 2. The molecule has 8 heteroatoms. The maximum atomic E-state index is 12.4. The molecule has 0 spiro atoms. The molecule has 2 aliphatic rings. The summed E-state index contributed by atoms with van der Waals surface area (Å²) in [6.07, 6.45) is 5.37. The molecule has 0 bridgehead atoms. The van der Waals surface area contributed by atoms with Gasteiger partial charge >= 0.3 is 0 Å². The number of nitrogens with zero attached hydrogens (tertiary/aromatic N) is 3. The molecule has 4 rings (SSSR count). The first-order chi connectivity index (χ1) is 13.2. The minimum absolute atomic E-state index is 0.0560. The largest absolute Gasteiger partial charge is 0.378 e. The van der Waals surface area contributed by atoms with Crippen molar-refractivity contribution in [1.29, 1.82) is 0 Å². The maximum Gasteiger partial charge on any atom is 0.270 e. The fraction of sp³-hybridized carbons (Fsp3) is 0.421. The van der Waals surface area contributed by atoms with Crippen molar-refractivity contribution in [3.8, 4) is 0 Å². The van der Waals surface area contributed by atoms with E-state index in [9.17, 15) is 9.59 Å². The lowest BCUT2D eigenvalue weighted by Gasteiger charge is -2.28. The average Bonchev–Trinajstić information content (AvgIpc) is 3.41. The lowest BCUT2D eigenvalue weighted by Crippen LogP contribution is -2.36. The van der Waals surface area contributed by atoms with Crippen LogP contribution in [0, 0.1) is 0 Å². The van der Waals surface area contributed by atoms with Crippen molar-refractivity contribution in [2.45, 2.75) is 12.8 Å². The standard InChI is InChI=1S/C19H23N5O3/c25-18(14-11-16(20-12-14)19(26)24-5-1-2-6-24)22-17-4-3-15(13-21-17)23-7-9-27-10-8-23/h3-4,11-13,20H,1-2,5-10H2,(H,21,22,25). The molecule has 2 fully saturated rings. The lowest BCUT2D eigenvalue weighted by molar-refractivity contribution is 0.0787. The van der Waals surface area contributed by atoms with E-state index in [4.69, 9.17) is 4.74 Å². The number of morpholine rings is 1. The molecule has 0 atom stereocenters. The zero-order chi connectivity index (χ0) is 18.6. The van der Waals surface area contributed by atoms with E-state index in [1.807, 2.05) is 6.07 Å². The summed E-state index contributed by atoms with van der Waals surface area (Å²) in [6, 6.07) is 5.32. The van der Waals surface area contributed by atoms with E-state index in [2.05, 4.69) is 20.2 Å². The fourth-order valence-corrected chi connectivity index (χ4v) is 3.40. The number of ether oxygens (including phenoxy) is 1. The van der Waals surface area contributed by atoms with Gasteiger partial charge in [-0.2, -0.15) is 0 Å². The summed E-state index contributed by atoms with van der Waals surface area (Å²) in [5, 5.41) is 2.77. The Morgan fingerprint density at radius 2 is 1.89 bits per heavy atom. The predicted octanol–water partition coefficient (Wildman–Crippen LogP) is 1.73. The number of carbonyl (C=O) groups excluding carboxylic acids is 2. The molecule has 2 aliphatic heterocycles. The molecule has 27 heavy (non-hydrogen) atoms. The van der Waals surface area contributed by atoms with Crippen molar-refractivity contribution in [2.75, 3.05) is 49.6 Å². The molecule has 8 nitrogen and oxygen atoms in total. The molecule has 4 heterocycles. The van der Waals surface area contributed by atoms with Gasteiger partial charge in [-0.05, 0) is 31.0 Å². The number of pyridine rings is 1. The molecular weight excluding hydrogens is 346 g/mol. The van der Waals surface area contributed by atoms with Gasteiger partial charge in [-0.25, -0.2) is 4.98 Å². The monoisotopic (exact) mass is 369 g/mol. The first-order valence-corrected chi connectivity index (χ1v) is 9.28. The van der Waals surface area contributed by atoms with E-state index in [-0.39, 0.29) is 11.8 Å². The van der Waals surface area contributed by atoms with Crippen LogP contribution in [0.4, 0.5) is 11.5 Å². The first-order valence-electron chi connectivity index (χ1n) is 9.28. The SMILES string of the molecule is O=C(Nc1ccc(N2CCOCC2)cn1)c1c[nH]c(C(=O)N2CCCC2)c1. The Labute approximate surface area is 157 Å². The Kier molecular flexibility index (Phi) is 5.06. The molecule has 2 saturated heterocycles. The van der Waals surface area contributed by atoms with E-state index >= 15 is 0 Å². The summed E-state index contributed by atoms with van der Waals surface area (Å²) < 4.78 is 5.35. The van der Waals surface area contributed by atoms with Gasteiger partial charge in [0.05, 0.1) is 30.7 Å². The van der Waals surface area contributed by atoms with Crippen LogP contribution in [0.1, 0.15) is 33.7 Å². The van der Waals surface area contributed by atoms with E-state index in [1.165, 1.54) is 0 Å². The van der Waals surface area contributed by atoms with Gasteiger partial charge < -0.3 is 24.8 Å². The number of hydrogen-bond donors (Lipinski definition) is 2. The summed E-state index contributed by atoms with van der Waals surface area (Å²) in [4.78, 5) is 36.0. The number of hydrogen-bond acceptors (Lipinski definition) is 5. The molecule has 0 saturated carbocycles. The minimum Gasteiger partial charge on any atom is -0.378 e. The van der Waals surface area contributed by atoms with Crippen molar-refractivity contribution < 1.29 is 14.3 Å². The third-order valence-electron chi connectivity index (χ3n) is 4.93. The Bertz CT molecular complexity index is 805. The van der Waals surface area contributed by atoms with Gasteiger partial charge in [0.25, 0.3) is 11.8 Å². The van der Waals surface area contributed by atoms with Gasteiger partial charge in [-0.1, -0.05) is 0 Å². The number of H-pyrrole nitrogens is 1. The fourth-order valence-electron chi connectivity index (χ4n) is 3.40. The van der Waals surface area contributed by atoms with Crippen molar-refractivity contribution in [3.05, 3.63) is 41.9 Å². The lowest BCUT2D eigenvalue weighted by atomic mass is 10.2. The van der Waals surface area contributed by atoms with Gasteiger partial charge in [0, 0.05) is 32.4 Å². The highest BCUT2D eigenvalue weighted by molar-refractivity contribution is 6.05. The van der Waals surface area contributed by atoms with E-state index in [0.717, 1.165) is 44.7 Å². The topological polar surface area (TPSA) is 90.6 Å². The Morgan fingerprint density at radius 3 is 2.59 bits per heavy atom. The summed E-state index contributed by atoms with van der Waals surface area (Å²) >= 11 is 0. The van der Waals surface area contributed by atoms with Gasteiger partial charge in [-0.3, -0.25) is 9.59 Å². The summed E-state index contributed by atoms with van der Waals surface area (Å²) in [6.45, 7) is 4.65. The van der Waals surface area contributed by atoms with E-state index < -0.39 is 0 Å². The van der Waals surface area contributed by atoms with Crippen LogP contribution in [0.25, 0.3) is 0 Å². The van der Waals surface area contributed by atoms with Crippen LogP contribution >= 0.6 is 0 Å². The van der Waals surface area contributed by atoms with Crippen LogP contribution in [-0.2, 0) is 4.74 Å². The van der Waals surface area contributed by atoms with Crippen molar-refractivity contribution in [2.24, 2.45) is 0 Å². The number of anilines is 2. The highest BCUT2D eigenvalue weighted by Crippen LogP contribution is 2.18. The summed E-state index contributed by atoms with van der Waals surface area (Å²) in [5.41, 5.74) is 1.87. The third-order valence-corrected chi connectivity index (χ3v) is 4.93. The van der Waals surface area contributed by atoms with Gasteiger partial charge in [0.15, 0.2) is 0 Å². The number of carbonyl (C=O) groups is 2. The number of likely N-dealkylation sites (tertiary alicyclic amines) is 1. The van der Waals surface area contributed by atoms with Crippen molar-refractivity contribution >= 4 is 23.3 Å².